The predicted octanol–water partition coefficient (Wildman–Crippen LogP) is 2.79. The molecule has 9 heteroatoms. The normalized spacial score (nSPS) is 16.8. The number of thioether (sulfide) groups is 1. The molecule has 0 saturated carbocycles. The zero-order chi connectivity index (χ0) is 22.8. The summed E-state index contributed by atoms with van der Waals surface area (Å²) in [4.78, 5) is 27.1. The van der Waals surface area contributed by atoms with E-state index in [-0.39, 0.29) is 40.6 Å². The van der Waals surface area contributed by atoms with E-state index in [0.717, 1.165) is 16.8 Å². The Kier molecular flexibility index (Phi) is 7.06. The summed E-state index contributed by atoms with van der Waals surface area (Å²) in [5, 5.41) is 7.32. The van der Waals surface area contributed by atoms with Crippen LogP contribution in [0.2, 0.25) is 0 Å². The highest BCUT2D eigenvalue weighted by atomic mass is 32.2. The Hall–Kier alpha value is -2.39. The van der Waals surface area contributed by atoms with E-state index < -0.39 is 0 Å². The number of benzene rings is 1. The number of carbonyl (C=O) groups is 2. The summed E-state index contributed by atoms with van der Waals surface area (Å²) in [5.41, 5.74) is 2.35. The molecule has 2 amide bonds. The van der Waals surface area contributed by atoms with Crippen LogP contribution in [0.3, 0.4) is 0 Å². The summed E-state index contributed by atoms with van der Waals surface area (Å²) < 4.78 is 20.2. The molecule has 0 saturated heterocycles. The monoisotopic (exact) mass is 448 g/mol. The van der Waals surface area contributed by atoms with Gasteiger partial charge in [0.1, 0.15) is 18.2 Å². The molecule has 168 valence electrons. The van der Waals surface area contributed by atoms with Gasteiger partial charge in [0.15, 0.2) is 0 Å². The van der Waals surface area contributed by atoms with Gasteiger partial charge < -0.3 is 10.1 Å². The second-order valence-corrected chi connectivity index (χ2v) is 9.62. The summed E-state index contributed by atoms with van der Waals surface area (Å²) in [6, 6.07) is 6.34. The van der Waals surface area contributed by atoms with Crippen molar-refractivity contribution in [2.24, 2.45) is 7.05 Å². The number of anilines is 1. The third-order valence-electron chi connectivity index (χ3n) is 5.06. The predicted molar refractivity (Wildman–Crippen MR) is 120 cm³/mol. The van der Waals surface area contributed by atoms with E-state index in [9.17, 15) is 14.0 Å². The minimum atomic E-state index is -0.310. The zero-order valence-corrected chi connectivity index (χ0v) is 19.4. The first-order valence-electron chi connectivity index (χ1n) is 10.1. The Bertz CT molecular complexity index is 953. The minimum absolute atomic E-state index is 0.102. The molecule has 2 aromatic rings. The number of nitrogens with zero attached hydrogens (tertiary/aromatic N) is 3. The summed E-state index contributed by atoms with van der Waals surface area (Å²) in [5.74, 6) is 0.0683. The summed E-state index contributed by atoms with van der Waals surface area (Å²) in [6.07, 6.45) is 0. The molecule has 3 rings (SSSR count). The van der Waals surface area contributed by atoms with Crippen molar-refractivity contribution in [2.45, 2.75) is 31.4 Å². The van der Waals surface area contributed by atoms with E-state index in [0.29, 0.717) is 19.0 Å². The van der Waals surface area contributed by atoms with Crippen LogP contribution in [0.4, 0.5) is 10.2 Å². The fraction of sp³-hybridized carbons (Fsp3) is 0.500. The Labute approximate surface area is 186 Å². The van der Waals surface area contributed by atoms with Crippen LogP contribution < -0.4 is 10.2 Å². The number of hydrogen-bond acceptors (Lipinski definition) is 5. The van der Waals surface area contributed by atoms with Gasteiger partial charge in [0.2, 0.25) is 11.8 Å². The first-order chi connectivity index (χ1) is 14.6. The van der Waals surface area contributed by atoms with Crippen molar-refractivity contribution in [1.82, 2.24) is 15.1 Å². The molecule has 0 spiro atoms. The number of carbonyl (C=O) groups excluding carboxylic acids is 2. The number of hydrogen-bond donors (Lipinski definition) is 1. The van der Waals surface area contributed by atoms with E-state index in [1.807, 2.05) is 0 Å². The van der Waals surface area contributed by atoms with Crippen LogP contribution in [0.25, 0.3) is 0 Å². The largest absolute Gasteiger partial charge is 0.383 e. The lowest BCUT2D eigenvalue weighted by Gasteiger charge is -2.24. The van der Waals surface area contributed by atoms with Crippen LogP contribution >= 0.6 is 11.8 Å². The number of ether oxygens (including phenoxy) is 1. The van der Waals surface area contributed by atoms with Crippen LogP contribution in [0.1, 0.15) is 42.8 Å². The lowest BCUT2D eigenvalue weighted by Crippen LogP contribution is -2.43. The molecule has 1 N–H and O–H groups in total. The summed E-state index contributed by atoms with van der Waals surface area (Å²) >= 11 is 1.47. The molecule has 2 heterocycles. The maximum Gasteiger partial charge on any atom is 0.240 e. The number of aryl methyl sites for hydroxylation is 1. The molecule has 1 aromatic heterocycles. The van der Waals surface area contributed by atoms with E-state index in [1.54, 1.807) is 31.0 Å². The second kappa shape index (κ2) is 9.40. The number of amides is 2. The van der Waals surface area contributed by atoms with Crippen molar-refractivity contribution in [3.8, 4) is 0 Å². The average molecular weight is 449 g/mol. The quantitative estimate of drug-likeness (QED) is 0.688. The highest BCUT2D eigenvalue weighted by Gasteiger charge is 2.38. The maximum absolute atomic E-state index is 13.6. The Morgan fingerprint density at radius 1 is 1.32 bits per heavy atom. The van der Waals surface area contributed by atoms with E-state index in [2.05, 4.69) is 26.1 Å². The third-order valence-corrected chi connectivity index (χ3v) is 6.31. The van der Waals surface area contributed by atoms with Gasteiger partial charge in [-0.25, -0.2) is 4.39 Å². The SMILES string of the molecule is COCCNC(=O)CN1C(=O)CS[C@@H](c2ccc(F)cc2)c2c(C(C)(C)C)nn(C)c21. The molecule has 31 heavy (non-hydrogen) atoms. The van der Waals surface area contributed by atoms with Gasteiger partial charge in [-0.3, -0.25) is 19.2 Å². The minimum Gasteiger partial charge on any atom is -0.383 e. The highest BCUT2D eigenvalue weighted by molar-refractivity contribution is 8.00. The molecule has 0 fully saturated rings. The molecule has 1 aliphatic heterocycles. The van der Waals surface area contributed by atoms with E-state index >= 15 is 0 Å². The van der Waals surface area contributed by atoms with Gasteiger partial charge in [0, 0.05) is 31.7 Å². The van der Waals surface area contributed by atoms with Crippen LogP contribution in [-0.2, 0) is 26.8 Å². The molecule has 0 aliphatic carbocycles. The smallest absolute Gasteiger partial charge is 0.240 e. The van der Waals surface area contributed by atoms with Gasteiger partial charge >= 0.3 is 0 Å². The lowest BCUT2D eigenvalue weighted by atomic mass is 9.87. The molecule has 1 aromatic carbocycles. The summed E-state index contributed by atoms with van der Waals surface area (Å²) in [6.45, 7) is 6.86. The molecular formula is C22H29FN4O3S. The molecule has 1 atom stereocenters. The zero-order valence-electron chi connectivity index (χ0n) is 18.6. The van der Waals surface area contributed by atoms with Gasteiger partial charge in [-0.05, 0) is 17.7 Å². The number of methoxy groups -OCH3 is 1. The fourth-order valence-corrected chi connectivity index (χ4v) is 4.83. The molecule has 0 radical (unpaired) electrons. The van der Waals surface area contributed by atoms with E-state index in [4.69, 9.17) is 9.84 Å². The fourth-order valence-electron chi connectivity index (χ4n) is 3.64. The van der Waals surface area contributed by atoms with E-state index in [1.165, 1.54) is 28.8 Å². The number of fused-ring (bicyclic) bond motifs is 1. The maximum atomic E-state index is 13.6. The van der Waals surface area contributed by atoms with Crippen molar-refractivity contribution in [3.63, 3.8) is 0 Å². The number of halogens is 1. The van der Waals surface area contributed by atoms with Gasteiger partial charge in [0.25, 0.3) is 0 Å². The Balaban J connectivity index is 2.08. The van der Waals surface area contributed by atoms with Crippen LogP contribution in [-0.4, -0.2) is 54.2 Å². The average Bonchev–Trinajstić information content (AvgIpc) is 2.97. The number of aromatic nitrogens is 2. The van der Waals surface area contributed by atoms with Gasteiger partial charge in [-0.15, -0.1) is 11.8 Å². The van der Waals surface area contributed by atoms with Crippen LogP contribution in [0.5, 0.6) is 0 Å². The highest BCUT2D eigenvalue weighted by Crippen LogP contribution is 2.47. The topological polar surface area (TPSA) is 76.5 Å². The molecular weight excluding hydrogens is 419 g/mol. The van der Waals surface area contributed by atoms with Crippen LogP contribution in [0.15, 0.2) is 24.3 Å². The Morgan fingerprint density at radius 3 is 2.61 bits per heavy atom. The summed E-state index contributed by atoms with van der Waals surface area (Å²) in [7, 11) is 3.35. The number of nitrogens with one attached hydrogen (secondary N) is 1. The van der Waals surface area contributed by atoms with Gasteiger partial charge in [-0.2, -0.15) is 5.10 Å². The molecule has 1 aliphatic rings. The van der Waals surface area contributed by atoms with Gasteiger partial charge in [0.05, 0.1) is 23.3 Å². The molecule has 0 unspecified atom stereocenters. The van der Waals surface area contributed by atoms with Crippen molar-refractivity contribution in [1.29, 1.82) is 0 Å². The Morgan fingerprint density at radius 2 is 2.00 bits per heavy atom. The van der Waals surface area contributed by atoms with Crippen LogP contribution in [0, 0.1) is 5.82 Å². The molecule has 7 nitrogen and oxygen atoms in total. The standard InChI is InChI=1S/C22H29FN4O3S/c1-22(2,3)20-18-19(14-6-8-15(23)9-7-14)31-13-17(29)27(21(18)26(4)25-20)12-16(28)24-10-11-30-5/h6-9,19H,10-13H2,1-5H3,(H,24,28)/t19-/m0/s1. The number of rotatable bonds is 6. The lowest BCUT2D eigenvalue weighted by molar-refractivity contribution is -0.123. The van der Waals surface area contributed by atoms with Gasteiger partial charge in [-0.1, -0.05) is 32.9 Å². The molecule has 0 bridgehead atoms. The van der Waals surface area contributed by atoms with Crippen molar-refractivity contribution >= 4 is 29.4 Å². The van der Waals surface area contributed by atoms with Crippen molar-refractivity contribution in [2.75, 3.05) is 37.5 Å². The first-order valence-corrected chi connectivity index (χ1v) is 11.2. The second-order valence-electron chi connectivity index (χ2n) is 8.52. The first kappa shape index (κ1) is 23.3. The van der Waals surface area contributed by atoms with Crippen molar-refractivity contribution < 1.29 is 18.7 Å². The third kappa shape index (κ3) is 5.10. The van der Waals surface area contributed by atoms with Crippen molar-refractivity contribution in [3.05, 3.63) is 46.9 Å².